The topological polar surface area (TPSA) is 71.8 Å². The van der Waals surface area contributed by atoms with Crippen molar-refractivity contribution >= 4 is 11.9 Å². The molecule has 0 saturated carbocycles. The summed E-state index contributed by atoms with van der Waals surface area (Å²) in [5, 5.41) is 2.06. The molecule has 0 bridgehead atoms. The smallest absolute Gasteiger partial charge is 0.307 e. The van der Waals surface area contributed by atoms with Crippen molar-refractivity contribution in [2.75, 3.05) is 18.3 Å². The van der Waals surface area contributed by atoms with E-state index in [1.54, 1.807) is 29.6 Å². The third-order valence-electron chi connectivity index (χ3n) is 6.19. The number of hydrogen-bond donors (Lipinski definition) is 0. The molecule has 176 valence electrons. The molecule has 1 amide bonds. The summed E-state index contributed by atoms with van der Waals surface area (Å²) in [6, 6.07) is 20.9. The van der Waals surface area contributed by atoms with Crippen molar-refractivity contribution in [3.8, 4) is 0 Å². The molecule has 3 aromatic rings. The molecule has 1 atom stereocenters. The van der Waals surface area contributed by atoms with Gasteiger partial charge >= 0.3 is 5.97 Å². The van der Waals surface area contributed by atoms with Crippen LogP contribution in [0.5, 0.6) is 0 Å². The highest BCUT2D eigenvalue weighted by atomic mass is 16.5. The fraction of sp³-hybridized carbons (Fsp3) is 0.296. The van der Waals surface area contributed by atoms with Crippen molar-refractivity contribution in [1.82, 2.24) is 9.58 Å². The van der Waals surface area contributed by atoms with Crippen LogP contribution in [-0.2, 0) is 9.53 Å². The van der Waals surface area contributed by atoms with E-state index in [1.807, 2.05) is 43.3 Å². The second-order valence-electron chi connectivity index (χ2n) is 8.44. The Balaban J connectivity index is 1.85. The molecule has 0 radical (unpaired) electrons. The summed E-state index contributed by atoms with van der Waals surface area (Å²) in [4.78, 5) is 40.0. The molecule has 7 nitrogen and oxygen atoms in total. The van der Waals surface area contributed by atoms with Gasteiger partial charge in [-0.3, -0.25) is 24.1 Å². The second kappa shape index (κ2) is 9.95. The first-order valence-electron chi connectivity index (χ1n) is 11.5. The van der Waals surface area contributed by atoms with Crippen LogP contribution in [0.3, 0.4) is 0 Å². The molecule has 1 aromatic heterocycles. The van der Waals surface area contributed by atoms with Gasteiger partial charge < -0.3 is 9.64 Å². The quantitative estimate of drug-likeness (QED) is 0.505. The van der Waals surface area contributed by atoms with E-state index in [2.05, 4.69) is 29.3 Å². The van der Waals surface area contributed by atoms with Crippen LogP contribution in [0.4, 0.5) is 0 Å². The standard InChI is InChI=1S/C27H29N3O4/c1-4-34-24(32)17-19(2)28-18-30(29-16-15-23(31)20(3)25(29)27(28)33)26(21-11-7-5-8-12-21)22-13-9-6-10-14-22/h5-16,19,26H,4,17-18H2,1-3H3. The maximum absolute atomic E-state index is 13.6. The zero-order chi connectivity index (χ0) is 24.2. The SMILES string of the molecule is CCOC(=O)CC(C)N1CN(C(c2ccccc2)c2ccccc2)n2ccc(=O)c(C)c2C1=O. The molecule has 1 aliphatic heterocycles. The van der Waals surface area contributed by atoms with Crippen LogP contribution in [0, 0.1) is 6.92 Å². The predicted molar refractivity (Wildman–Crippen MR) is 130 cm³/mol. The van der Waals surface area contributed by atoms with Crippen LogP contribution >= 0.6 is 0 Å². The second-order valence-corrected chi connectivity index (χ2v) is 8.44. The van der Waals surface area contributed by atoms with Crippen LogP contribution in [0.1, 0.15) is 53.5 Å². The van der Waals surface area contributed by atoms with Gasteiger partial charge in [-0.05, 0) is 31.9 Å². The van der Waals surface area contributed by atoms with E-state index < -0.39 is 6.04 Å². The van der Waals surface area contributed by atoms with Crippen LogP contribution in [-0.4, -0.2) is 40.8 Å². The molecule has 0 aliphatic carbocycles. The van der Waals surface area contributed by atoms with Gasteiger partial charge in [-0.1, -0.05) is 60.7 Å². The highest BCUT2D eigenvalue weighted by Crippen LogP contribution is 2.31. The molecule has 1 aliphatic rings. The van der Waals surface area contributed by atoms with Gasteiger partial charge in [0.2, 0.25) is 0 Å². The van der Waals surface area contributed by atoms with E-state index in [1.165, 1.54) is 6.07 Å². The molecular weight excluding hydrogens is 430 g/mol. The summed E-state index contributed by atoms with van der Waals surface area (Å²) in [5.74, 6) is -0.632. The molecule has 0 saturated heterocycles. The Morgan fingerprint density at radius 1 is 0.971 bits per heavy atom. The van der Waals surface area contributed by atoms with Gasteiger partial charge in [-0.15, -0.1) is 0 Å². The number of hydrogen-bond acceptors (Lipinski definition) is 5. The molecule has 7 heteroatoms. The number of carbonyl (C=O) groups is 2. The van der Waals surface area contributed by atoms with Gasteiger partial charge in [0.05, 0.1) is 19.1 Å². The maximum atomic E-state index is 13.6. The Hall–Kier alpha value is -3.87. The first-order valence-corrected chi connectivity index (χ1v) is 11.5. The Morgan fingerprint density at radius 2 is 1.56 bits per heavy atom. The normalized spacial score (nSPS) is 14.2. The number of amides is 1. The van der Waals surface area contributed by atoms with Gasteiger partial charge in [-0.25, -0.2) is 0 Å². The molecule has 1 unspecified atom stereocenters. The van der Waals surface area contributed by atoms with E-state index in [0.29, 0.717) is 11.3 Å². The lowest BCUT2D eigenvalue weighted by Crippen LogP contribution is -2.58. The minimum Gasteiger partial charge on any atom is -0.466 e. The average Bonchev–Trinajstić information content (AvgIpc) is 2.84. The summed E-state index contributed by atoms with van der Waals surface area (Å²) in [5.41, 5.74) is 2.58. The van der Waals surface area contributed by atoms with Crippen LogP contribution in [0.25, 0.3) is 0 Å². The number of aromatic nitrogens is 1. The van der Waals surface area contributed by atoms with Gasteiger partial charge in [0, 0.05) is 23.9 Å². The third-order valence-corrected chi connectivity index (χ3v) is 6.19. The Kier molecular flexibility index (Phi) is 6.82. The first kappa shape index (κ1) is 23.3. The molecule has 2 aromatic carbocycles. The number of fused-ring (bicyclic) bond motifs is 1. The number of carbonyl (C=O) groups excluding carboxylic acids is 2. The van der Waals surface area contributed by atoms with Crippen molar-refractivity contribution in [3.63, 3.8) is 0 Å². The van der Waals surface area contributed by atoms with E-state index in [-0.39, 0.29) is 43.0 Å². The van der Waals surface area contributed by atoms with Gasteiger partial charge in [-0.2, -0.15) is 0 Å². The highest BCUT2D eigenvalue weighted by Gasteiger charge is 2.37. The molecule has 0 spiro atoms. The Bertz CT molecular complexity index is 1180. The fourth-order valence-electron chi connectivity index (χ4n) is 4.45. The summed E-state index contributed by atoms with van der Waals surface area (Å²) in [7, 11) is 0. The number of benzene rings is 2. The zero-order valence-corrected chi connectivity index (χ0v) is 19.7. The predicted octanol–water partition coefficient (Wildman–Crippen LogP) is 3.64. The molecule has 0 fully saturated rings. The van der Waals surface area contributed by atoms with Gasteiger partial charge in [0.1, 0.15) is 12.4 Å². The lowest BCUT2D eigenvalue weighted by atomic mass is 9.97. The lowest BCUT2D eigenvalue weighted by Gasteiger charge is -2.46. The number of ether oxygens (including phenoxy) is 1. The first-order chi connectivity index (χ1) is 16.4. The van der Waals surface area contributed by atoms with Crippen molar-refractivity contribution < 1.29 is 14.3 Å². The number of esters is 1. The fourth-order valence-corrected chi connectivity index (χ4v) is 4.45. The van der Waals surface area contributed by atoms with Crippen molar-refractivity contribution in [2.24, 2.45) is 0 Å². The van der Waals surface area contributed by atoms with Gasteiger partial charge in [0.25, 0.3) is 5.91 Å². The molecule has 0 N–H and O–H groups in total. The van der Waals surface area contributed by atoms with Crippen LogP contribution in [0.15, 0.2) is 77.7 Å². The number of pyridine rings is 1. The van der Waals surface area contributed by atoms with E-state index in [0.717, 1.165) is 11.1 Å². The zero-order valence-electron chi connectivity index (χ0n) is 19.7. The third kappa shape index (κ3) is 4.46. The van der Waals surface area contributed by atoms with E-state index in [9.17, 15) is 14.4 Å². The largest absolute Gasteiger partial charge is 0.466 e. The summed E-state index contributed by atoms with van der Waals surface area (Å²) >= 11 is 0. The summed E-state index contributed by atoms with van der Waals surface area (Å²) < 4.78 is 6.91. The Morgan fingerprint density at radius 3 is 2.12 bits per heavy atom. The molecule has 2 heterocycles. The minimum atomic E-state index is -0.412. The number of nitrogens with zero attached hydrogens (tertiary/aromatic N) is 3. The van der Waals surface area contributed by atoms with Gasteiger partial charge in [0.15, 0.2) is 5.43 Å². The lowest BCUT2D eigenvalue weighted by molar-refractivity contribution is -0.144. The number of rotatable bonds is 7. The van der Waals surface area contributed by atoms with E-state index >= 15 is 0 Å². The van der Waals surface area contributed by atoms with Crippen LogP contribution < -0.4 is 10.4 Å². The highest BCUT2D eigenvalue weighted by molar-refractivity contribution is 5.95. The Labute approximate surface area is 199 Å². The average molecular weight is 460 g/mol. The van der Waals surface area contributed by atoms with Crippen LogP contribution in [0.2, 0.25) is 0 Å². The van der Waals surface area contributed by atoms with Crippen molar-refractivity contribution in [3.05, 3.63) is 106 Å². The molecular formula is C27H29N3O4. The monoisotopic (exact) mass is 459 g/mol. The van der Waals surface area contributed by atoms with Crippen molar-refractivity contribution in [2.45, 2.75) is 39.3 Å². The van der Waals surface area contributed by atoms with E-state index in [4.69, 9.17) is 4.74 Å². The minimum absolute atomic E-state index is 0.0743. The summed E-state index contributed by atoms with van der Waals surface area (Å²) in [6.07, 6.45) is 1.74. The molecule has 4 rings (SSSR count). The van der Waals surface area contributed by atoms with Crippen molar-refractivity contribution in [1.29, 1.82) is 0 Å². The molecule has 34 heavy (non-hydrogen) atoms. The summed E-state index contributed by atoms with van der Waals surface area (Å²) in [6.45, 7) is 5.78. The maximum Gasteiger partial charge on any atom is 0.307 e.